The van der Waals surface area contributed by atoms with Gasteiger partial charge in [-0.15, -0.1) is 0 Å². The van der Waals surface area contributed by atoms with E-state index in [2.05, 4.69) is 128 Å². The van der Waals surface area contributed by atoms with Crippen LogP contribution in [-0.2, 0) is 57.2 Å². The highest BCUT2D eigenvalue weighted by Crippen LogP contribution is 2.49. The second-order valence-corrected chi connectivity index (χ2v) is 40.3. The maximum Gasteiger partial charge on any atom is 0.309 e. The van der Waals surface area contributed by atoms with E-state index in [1.807, 2.05) is 55.4 Å². The Bertz CT molecular complexity index is 2400. The van der Waals surface area contributed by atoms with Gasteiger partial charge in [0.1, 0.15) is 36.6 Å². The zero-order valence-electron chi connectivity index (χ0n) is 68.4. The number of hydroxylamine groups is 4. The number of unbranched alkanes of at least 4 members (excludes halogenated alkanes) is 9. The fraction of sp³-hybridized carbons (Fsp3) is 0.927. The molecule has 0 radical (unpaired) electrons. The molecule has 4 N–H and O–H groups in total. The van der Waals surface area contributed by atoms with E-state index in [4.69, 9.17) is 28.4 Å². The summed E-state index contributed by atoms with van der Waals surface area (Å²) in [6.45, 7) is 53.1. The van der Waals surface area contributed by atoms with Crippen molar-refractivity contribution < 1.29 is 67.6 Å². The van der Waals surface area contributed by atoms with Crippen molar-refractivity contribution in [1.29, 1.82) is 0 Å². The number of nitrogens with zero attached hydrogens (tertiary/aromatic N) is 2. The molecule has 1 atom stereocenters. The summed E-state index contributed by atoms with van der Waals surface area (Å²) in [5.74, 6) is -1.01. The number of ether oxygens (including phenoxy) is 6. The third-order valence-electron chi connectivity index (χ3n) is 21.6. The lowest BCUT2D eigenvalue weighted by Gasteiger charge is -2.51. The summed E-state index contributed by atoms with van der Waals surface area (Å²) in [7, 11) is 0. The molecule has 2 aliphatic carbocycles. The molecule has 0 aromatic rings. The van der Waals surface area contributed by atoms with Gasteiger partial charge in [-0.25, -0.2) is 0 Å². The molecule has 4 heterocycles. The number of hydrogen-bond acceptors (Lipinski definition) is 18. The summed E-state index contributed by atoms with van der Waals surface area (Å²) in [6.07, 6.45) is 25.6. The van der Waals surface area contributed by atoms with E-state index in [1.165, 1.54) is 23.0 Å². The van der Waals surface area contributed by atoms with Gasteiger partial charge in [0.2, 0.25) is 0 Å². The Labute approximate surface area is 608 Å². The van der Waals surface area contributed by atoms with E-state index in [9.17, 15) is 39.2 Å². The predicted molar refractivity (Wildman–Crippen MR) is 397 cm³/mol. The second kappa shape index (κ2) is 36.2. The van der Waals surface area contributed by atoms with Crippen molar-refractivity contribution in [1.82, 2.24) is 20.8 Å². The van der Waals surface area contributed by atoms with Crippen LogP contribution in [0.5, 0.6) is 0 Å². The van der Waals surface area contributed by atoms with Crippen LogP contribution in [0.25, 0.3) is 0 Å². The van der Waals surface area contributed by atoms with Crippen molar-refractivity contribution in [3.8, 4) is 0 Å². The molecular formula is C82H150N4O14. The molecule has 0 aromatic heterocycles. The minimum absolute atomic E-state index is 0.000220. The maximum absolute atomic E-state index is 12.9. The van der Waals surface area contributed by atoms with Crippen molar-refractivity contribution in [2.24, 2.45) is 27.6 Å². The van der Waals surface area contributed by atoms with Crippen LogP contribution < -0.4 is 10.6 Å². The van der Waals surface area contributed by atoms with Crippen LogP contribution in [0.4, 0.5) is 0 Å². The smallest absolute Gasteiger partial charge is 0.309 e. The predicted octanol–water partition coefficient (Wildman–Crippen LogP) is 18.5. The highest BCUT2D eigenvalue weighted by atomic mass is 16.6. The number of piperidine rings is 4. The summed E-state index contributed by atoms with van der Waals surface area (Å²) in [5, 5.41) is 30.6. The quantitative estimate of drug-likeness (QED) is 0.0324. The van der Waals surface area contributed by atoms with Gasteiger partial charge >= 0.3 is 35.8 Å². The molecule has 6 rings (SSSR count). The Morgan fingerprint density at radius 3 is 0.810 bits per heavy atom. The van der Waals surface area contributed by atoms with Crippen molar-refractivity contribution in [3.05, 3.63) is 0 Å². The Balaban J connectivity index is 0.000000320. The average Bonchev–Trinajstić information content (AvgIpc) is 0.793. The number of carbonyl (C=O) groups excluding carboxylic acids is 6. The number of rotatable bonds is 28. The minimum atomic E-state index is -0.507. The van der Waals surface area contributed by atoms with Gasteiger partial charge in [0, 0.05) is 115 Å². The molecule has 1 unspecified atom stereocenters. The third-order valence-corrected chi connectivity index (χ3v) is 21.6. The van der Waals surface area contributed by atoms with Gasteiger partial charge in [-0.2, -0.15) is 10.1 Å². The Morgan fingerprint density at radius 2 is 0.540 bits per heavy atom. The number of hydrogen-bond donors (Lipinski definition) is 4. The van der Waals surface area contributed by atoms with E-state index in [0.717, 1.165) is 135 Å². The first kappa shape index (κ1) is 89.0. The molecule has 0 aromatic carbocycles. The van der Waals surface area contributed by atoms with Crippen molar-refractivity contribution in [2.45, 2.75) is 459 Å². The first-order chi connectivity index (χ1) is 45.5. The van der Waals surface area contributed by atoms with E-state index in [1.54, 1.807) is 0 Å². The SMILES string of the molecule is CC1(C)CC(OC(=O)CCC(=O)OC2CC(C)(C)N(O)C(C)(C)C2)CC(C)(C)N1O.CC1(C)CC(OC(=O)CCCCCCCCC(=O)OC2CC(C)(C)NC(C)(C)C2)CC(C)(C)C1.CCC(CCCCCCCC(=O)OC1CC(C)(C)NC(C)(C)C1)C(=O)OC1CC(C)(C)CC(C)(C)C1. The molecule has 18 heteroatoms. The number of carbonyl (C=O) groups is 6. The van der Waals surface area contributed by atoms with Crippen LogP contribution in [-0.4, -0.2) is 137 Å². The third kappa shape index (κ3) is 32.1. The number of esters is 6. The summed E-state index contributed by atoms with van der Waals surface area (Å²) in [5.41, 5.74) is -1.16. The molecule has 100 heavy (non-hydrogen) atoms. The van der Waals surface area contributed by atoms with Crippen LogP contribution in [0.3, 0.4) is 0 Å². The zero-order chi connectivity index (χ0) is 75.9. The fourth-order valence-electron chi connectivity index (χ4n) is 19.4. The van der Waals surface area contributed by atoms with Gasteiger partial charge in [-0.1, -0.05) is 114 Å². The molecule has 6 fully saturated rings. The van der Waals surface area contributed by atoms with Gasteiger partial charge in [-0.3, -0.25) is 28.8 Å². The molecule has 4 saturated heterocycles. The molecule has 2 saturated carbocycles. The van der Waals surface area contributed by atoms with Crippen LogP contribution in [0.2, 0.25) is 0 Å². The maximum atomic E-state index is 12.9. The largest absolute Gasteiger partial charge is 0.462 e. The van der Waals surface area contributed by atoms with Gasteiger partial charge in [-0.05, 0) is 203 Å². The fourth-order valence-corrected chi connectivity index (χ4v) is 19.4. The molecule has 18 nitrogen and oxygen atoms in total. The van der Waals surface area contributed by atoms with Crippen molar-refractivity contribution >= 4 is 35.8 Å². The van der Waals surface area contributed by atoms with Crippen molar-refractivity contribution in [3.63, 3.8) is 0 Å². The molecule has 582 valence electrons. The van der Waals surface area contributed by atoms with Crippen LogP contribution in [0.15, 0.2) is 0 Å². The summed E-state index contributed by atoms with van der Waals surface area (Å²) >= 11 is 0. The normalized spacial score (nSPS) is 24.9. The Hall–Kier alpha value is -3.42. The lowest BCUT2D eigenvalue weighted by molar-refractivity contribution is -0.260. The standard InChI is InChI=1S/C31H57NO4.C29H53NO4.C22H40N2O6/c1-10-23(27(34)36-24-18-28(2,3)22-29(4,5)19-24)16-14-12-11-13-15-17-26(33)35-25-20-30(6,7)32-31(8,9)21-25;1-26(2)17-22(18-27(3,4)21-26)33-24(31)15-13-11-9-10-12-14-16-25(32)34-23-19-28(5,6)30-29(7,8)20-23;1-19(2)11-15(12-20(3,4)23(19)27)29-17(25)9-10-18(26)30-16-13-21(5,6)24(28)22(7,8)14-16/h23-25,32H,10-22H2,1-9H3;22-23,30H,9-21H2,1-8H3;15-16,27-28H,9-14H2,1-8H3. The monoisotopic (exact) mass is 1420 g/mol. The molecule has 6 aliphatic rings. The Kier molecular flexibility index (Phi) is 32.3. The average molecular weight is 1420 g/mol. The second-order valence-electron chi connectivity index (χ2n) is 40.3. The van der Waals surface area contributed by atoms with E-state index in [0.29, 0.717) is 44.9 Å². The van der Waals surface area contributed by atoms with E-state index >= 15 is 0 Å². The van der Waals surface area contributed by atoms with Gasteiger partial charge in [0.05, 0.1) is 18.8 Å². The summed E-state index contributed by atoms with van der Waals surface area (Å²) in [4.78, 5) is 74.5. The highest BCUT2D eigenvalue weighted by molar-refractivity contribution is 5.78. The van der Waals surface area contributed by atoms with Crippen LogP contribution in [0.1, 0.15) is 379 Å². The topological polar surface area (TPSA) is 229 Å². The molecule has 0 bridgehead atoms. The minimum Gasteiger partial charge on any atom is -0.462 e. The van der Waals surface area contributed by atoms with Gasteiger partial charge in [0.25, 0.3) is 0 Å². The first-order valence-corrected chi connectivity index (χ1v) is 39.3. The molecule has 0 spiro atoms. The summed E-state index contributed by atoms with van der Waals surface area (Å²) in [6, 6.07) is 0. The van der Waals surface area contributed by atoms with Crippen LogP contribution in [0, 0.1) is 27.6 Å². The molecule has 4 aliphatic heterocycles. The van der Waals surface area contributed by atoms with Crippen molar-refractivity contribution in [2.75, 3.05) is 0 Å². The van der Waals surface area contributed by atoms with Gasteiger partial charge in [0.15, 0.2) is 0 Å². The Morgan fingerprint density at radius 1 is 0.320 bits per heavy atom. The first-order valence-electron chi connectivity index (χ1n) is 39.3. The summed E-state index contributed by atoms with van der Waals surface area (Å²) < 4.78 is 34.7. The van der Waals surface area contributed by atoms with Gasteiger partial charge < -0.3 is 49.5 Å². The lowest BCUT2D eigenvalue weighted by atomic mass is 9.64. The molecular weight excluding hydrogens is 1260 g/mol. The van der Waals surface area contributed by atoms with Crippen LogP contribution >= 0.6 is 0 Å². The molecule has 0 amide bonds. The number of nitrogens with one attached hydrogen (secondary N) is 2. The lowest BCUT2D eigenvalue weighted by Crippen LogP contribution is -2.60. The van der Waals surface area contributed by atoms with E-state index < -0.39 is 34.1 Å². The van der Waals surface area contributed by atoms with E-state index in [-0.39, 0.29) is 123 Å². The highest BCUT2D eigenvalue weighted by Gasteiger charge is 2.49. The zero-order valence-corrected chi connectivity index (χ0v) is 68.4.